The zero-order chi connectivity index (χ0) is 12.1. The molecule has 1 saturated carbocycles. The van der Waals surface area contributed by atoms with Crippen LogP contribution in [0.15, 0.2) is 0 Å². The van der Waals surface area contributed by atoms with Gasteiger partial charge in [-0.3, -0.25) is 4.90 Å². The van der Waals surface area contributed by atoms with E-state index in [-0.39, 0.29) is 0 Å². The highest BCUT2D eigenvalue weighted by molar-refractivity contribution is 7.80. The number of thiocarbonyl (C=S) groups is 1. The van der Waals surface area contributed by atoms with Crippen LogP contribution in [0.3, 0.4) is 0 Å². The molecule has 0 saturated heterocycles. The largest absolute Gasteiger partial charge is 0.393 e. The Kier molecular flexibility index (Phi) is 5.70. The van der Waals surface area contributed by atoms with Gasteiger partial charge in [-0.1, -0.05) is 33.0 Å². The van der Waals surface area contributed by atoms with Crippen molar-refractivity contribution >= 4 is 17.2 Å². The molecule has 2 nitrogen and oxygen atoms in total. The lowest BCUT2D eigenvalue weighted by Crippen LogP contribution is -2.42. The minimum atomic E-state index is 0.342. The van der Waals surface area contributed by atoms with Crippen LogP contribution in [0.25, 0.3) is 0 Å². The minimum absolute atomic E-state index is 0.342. The lowest BCUT2D eigenvalue weighted by atomic mass is 9.86. The van der Waals surface area contributed by atoms with Crippen LogP contribution < -0.4 is 5.73 Å². The average molecular weight is 242 g/mol. The smallest absolute Gasteiger partial charge is 0.0768 e. The third kappa shape index (κ3) is 4.02. The Morgan fingerprint density at radius 3 is 2.38 bits per heavy atom. The SMILES string of the molecule is CCN(CC(C)C(N)=S)C1CCC(C)CC1. The van der Waals surface area contributed by atoms with E-state index < -0.39 is 0 Å². The van der Waals surface area contributed by atoms with E-state index in [0.29, 0.717) is 10.9 Å². The van der Waals surface area contributed by atoms with Gasteiger partial charge in [0.15, 0.2) is 0 Å². The molecule has 16 heavy (non-hydrogen) atoms. The molecular formula is C13H26N2S. The lowest BCUT2D eigenvalue weighted by molar-refractivity contribution is 0.139. The fourth-order valence-corrected chi connectivity index (χ4v) is 2.66. The second kappa shape index (κ2) is 6.55. The van der Waals surface area contributed by atoms with Crippen molar-refractivity contribution in [1.29, 1.82) is 0 Å². The molecule has 0 spiro atoms. The van der Waals surface area contributed by atoms with E-state index in [9.17, 15) is 0 Å². The van der Waals surface area contributed by atoms with Crippen molar-refractivity contribution < 1.29 is 0 Å². The maximum Gasteiger partial charge on any atom is 0.0768 e. The molecule has 0 aromatic carbocycles. The van der Waals surface area contributed by atoms with Crippen LogP contribution in [0.5, 0.6) is 0 Å². The summed E-state index contributed by atoms with van der Waals surface area (Å²) in [5, 5.41) is 0. The molecule has 1 aliphatic rings. The molecule has 1 rings (SSSR count). The second-order valence-corrected chi connectivity index (χ2v) is 5.78. The molecule has 0 heterocycles. The molecule has 0 aliphatic heterocycles. The van der Waals surface area contributed by atoms with Gasteiger partial charge in [0.2, 0.25) is 0 Å². The molecule has 0 aromatic heterocycles. The van der Waals surface area contributed by atoms with Crippen molar-refractivity contribution in [3.63, 3.8) is 0 Å². The Bertz CT molecular complexity index is 222. The van der Waals surface area contributed by atoms with Crippen molar-refractivity contribution in [3.8, 4) is 0 Å². The summed E-state index contributed by atoms with van der Waals surface area (Å²) >= 11 is 5.06. The summed E-state index contributed by atoms with van der Waals surface area (Å²) in [6.07, 6.45) is 5.45. The first-order valence-corrected chi connectivity index (χ1v) is 6.98. The van der Waals surface area contributed by atoms with E-state index in [1.165, 1.54) is 25.7 Å². The molecule has 2 N–H and O–H groups in total. The summed E-state index contributed by atoms with van der Waals surface area (Å²) in [5.74, 6) is 1.26. The van der Waals surface area contributed by atoms with Crippen LogP contribution >= 0.6 is 12.2 Å². The topological polar surface area (TPSA) is 29.3 Å². The summed E-state index contributed by atoms with van der Waals surface area (Å²) in [7, 11) is 0. The fraction of sp³-hybridized carbons (Fsp3) is 0.923. The van der Waals surface area contributed by atoms with Gasteiger partial charge < -0.3 is 5.73 Å². The first-order chi connectivity index (χ1) is 7.54. The van der Waals surface area contributed by atoms with Crippen LogP contribution in [0.1, 0.15) is 46.5 Å². The van der Waals surface area contributed by atoms with Gasteiger partial charge in [0, 0.05) is 18.5 Å². The molecule has 0 amide bonds. The highest BCUT2D eigenvalue weighted by atomic mass is 32.1. The number of nitrogens with zero attached hydrogens (tertiary/aromatic N) is 1. The predicted octanol–water partition coefficient (Wildman–Crippen LogP) is 2.81. The Morgan fingerprint density at radius 2 is 1.94 bits per heavy atom. The zero-order valence-corrected chi connectivity index (χ0v) is 11.7. The van der Waals surface area contributed by atoms with E-state index in [2.05, 4.69) is 25.7 Å². The van der Waals surface area contributed by atoms with E-state index in [0.717, 1.165) is 25.0 Å². The lowest BCUT2D eigenvalue weighted by Gasteiger charge is -2.36. The monoisotopic (exact) mass is 242 g/mol. The van der Waals surface area contributed by atoms with Gasteiger partial charge in [-0.15, -0.1) is 0 Å². The third-order valence-corrected chi connectivity index (χ3v) is 4.30. The minimum Gasteiger partial charge on any atom is -0.393 e. The van der Waals surface area contributed by atoms with Crippen molar-refractivity contribution in [3.05, 3.63) is 0 Å². The maximum absolute atomic E-state index is 5.70. The fourth-order valence-electron chi connectivity index (χ4n) is 2.59. The Hall–Kier alpha value is -0.150. The van der Waals surface area contributed by atoms with E-state index in [1.54, 1.807) is 0 Å². The Balaban J connectivity index is 2.44. The molecule has 94 valence electrons. The molecular weight excluding hydrogens is 216 g/mol. The second-order valence-electron chi connectivity index (χ2n) is 5.30. The molecule has 1 unspecified atom stereocenters. The molecule has 1 aliphatic carbocycles. The van der Waals surface area contributed by atoms with Crippen LogP contribution in [0.2, 0.25) is 0 Å². The summed E-state index contributed by atoms with van der Waals surface area (Å²) in [6, 6.07) is 0.762. The molecule has 1 fully saturated rings. The summed E-state index contributed by atoms with van der Waals surface area (Å²) in [6.45, 7) is 8.89. The average Bonchev–Trinajstić information content (AvgIpc) is 2.26. The van der Waals surface area contributed by atoms with Crippen molar-refractivity contribution in [2.75, 3.05) is 13.1 Å². The predicted molar refractivity (Wildman–Crippen MR) is 74.6 cm³/mol. The number of hydrogen-bond acceptors (Lipinski definition) is 2. The zero-order valence-electron chi connectivity index (χ0n) is 10.9. The van der Waals surface area contributed by atoms with Gasteiger partial charge in [0.05, 0.1) is 4.99 Å². The Labute approximate surface area is 106 Å². The van der Waals surface area contributed by atoms with E-state index in [1.807, 2.05) is 0 Å². The van der Waals surface area contributed by atoms with Gasteiger partial charge in [-0.05, 0) is 38.1 Å². The number of nitrogens with two attached hydrogens (primary N) is 1. The molecule has 0 bridgehead atoms. The summed E-state index contributed by atoms with van der Waals surface area (Å²) in [5.41, 5.74) is 5.70. The number of rotatable bonds is 5. The van der Waals surface area contributed by atoms with Gasteiger partial charge >= 0.3 is 0 Å². The maximum atomic E-state index is 5.70. The van der Waals surface area contributed by atoms with Crippen LogP contribution in [0, 0.1) is 11.8 Å². The van der Waals surface area contributed by atoms with Crippen LogP contribution in [-0.4, -0.2) is 29.0 Å². The molecule has 1 atom stereocenters. The molecule has 3 heteroatoms. The standard InChI is InChI=1S/C13H26N2S/c1-4-15(9-11(3)13(14)16)12-7-5-10(2)6-8-12/h10-12H,4-9H2,1-3H3,(H2,14,16). The van der Waals surface area contributed by atoms with Gasteiger partial charge in [0.25, 0.3) is 0 Å². The number of hydrogen-bond donors (Lipinski definition) is 1. The van der Waals surface area contributed by atoms with E-state index in [4.69, 9.17) is 18.0 Å². The normalized spacial score (nSPS) is 28.0. The van der Waals surface area contributed by atoms with Crippen LogP contribution in [0.4, 0.5) is 0 Å². The Morgan fingerprint density at radius 1 is 1.38 bits per heavy atom. The third-order valence-electron chi connectivity index (χ3n) is 3.90. The van der Waals surface area contributed by atoms with Crippen LogP contribution in [-0.2, 0) is 0 Å². The highest BCUT2D eigenvalue weighted by Gasteiger charge is 2.24. The first-order valence-electron chi connectivity index (χ1n) is 6.58. The molecule has 0 radical (unpaired) electrons. The van der Waals surface area contributed by atoms with Crippen molar-refractivity contribution in [1.82, 2.24) is 4.90 Å². The van der Waals surface area contributed by atoms with Crippen molar-refractivity contribution in [2.45, 2.75) is 52.5 Å². The van der Waals surface area contributed by atoms with Gasteiger partial charge in [0.1, 0.15) is 0 Å². The quantitative estimate of drug-likeness (QED) is 0.752. The van der Waals surface area contributed by atoms with Crippen molar-refractivity contribution in [2.24, 2.45) is 17.6 Å². The molecule has 0 aromatic rings. The van der Waals surface area contributed by atoms with E-state index >= 15 is 0 Å². The summed E-state index contributed by atoms with van der Waals surface area (Å²) in [4.78, 5) is 3.22. The van der Waals surface area contributed by atoms with Gasteiger partial charge in [-0.2, -0.15) is 0 Å². The first kappa shape index (κ1) is 13.9. The van der Waals surface area contributed by atoms with Gasteiger partial charge in [-0.25, -0.2) is 0 Å². The summed E-state index contributed by atoms with van der Waals surface area (Å²) < 4.78 is 0. The highest BCUT2D eigenvalue weighted by Crippen LogP contribution is 2.27.